The highest BCUT2D eigenvalue weighted by atomic mass is 35.5. The molecule has 2 aromatic carbocycles. The maximum atomic E-state index is 14.0. The molecule has 7 nitrogen and oxygen atoms in total. The summed E-state index contributed by atoms with van der Waals surface area (Å²) >= 11 is 6.03. The summed E-state index contributed by atoms with van der Waals surface area (Å²) in [6.45, 7) is 4.63. The summed E-state index contributed by atoms with van der Waals surface area (Å²) in [4.78, 5) is 19.4. The smallest absolute Gasteiger partial charge is 0.341 e. The number of imidazole rings is 1. The summed E-state index contributed by atoms with van der Waals surface area (Å²) in [6.07, 6.45) is 0. The quantitative estimate of drug-likeness (QED) is 0.613. The fourth-order valence-corrected chi connectivity index (χ4v) is 2.94. The van der Waals surface area contributed by atoms with Gasteiger partial charge in [0.2, 0.25) is 5.95 Å². The van der Waals surface area contributed by atoms with Crippen molar-refractivity contribution in [1.82, 2.24) is 9.97 Å². The normalized spacial score (nSPS) is 12.2. The third-order valence-corrected chi connectivity index (χ3v) is 4.19. The predicted octanol–water partition coefficient (Wildman–Crippen LogP) is 4.68. The number of anilines is 2. The number of ether oxygens (including phenoxy) is 3. The molecule has 0 amide bonds. The van der Waals surface area contributed by atoms with Gasteiger partial charge in [0.1, 0.15) is 30.1 Å². The number of methoxy groups -OCH3 is 1. The van der Waals surface area contributed by atoms with E-state index in [9.17, 15) is 9.18 Å². The van der Waals surface area contributed by atoms with E-state index in [1.807, 2.05) is 13.8 Å². The number of esters is 1. The summed E-state index contributed by atoms with van der Waals surface area (Å²) in [7, 11) is 1.28. The third kappa shape index (κ3) is 3.55. The van der Waals surface area contributed by atoms with E-state index in [2.05, 4.69) is 15.3 Å². The van der Waals surface area contributed by atoms with E-state index in [1.54, 1.807) is 12.1 Å². The molecule has 148 valence electrons. The van der Waals surface area contributed by atoms with Gasteiger partial charge >= 0.3 is 5.97 Å². The van der Waals surface area contributed by atoms with E-state index in [1.165, 1.54) is 19.2 Å². The van der Waals surface area contributed by atoms with Gasteiger partial charge in [-0.05, 0) is 18.2 Å². The lowest BCUT2D eigenvalue weighted by Gasteiger charge is -2.20. The van der Waals surface area contributed by atoms with Gasteiger partial charge in [-0.1, -0.05) is 31.5 Å². The first-order valence-electron chi connectivity index (χ1n) is 8.70. The Bertz CT molecular complexity index is 1000. The lowest BCUT2D eigenvalue weighted by molar-refractivity contribution is 0.0591. The van der Waals surface area contributed by atoms with Crippen molar-refractivity contribution in [2.45, 2.75) is 13.8 Å². The lowest BCUT2D eigenvalue weighted by atomic mass is 10.1. The highest BCUT2D eigenvalue weighted by molar-refractivity contribution is 6.33. The number of carbonyl (C=O) groups excluding carboxylic acids is 1. The monoisotopic (exact) mass is 407 g/mol. The van der Waals surface area contributed by atoms with Crippen LogP contribution >= 0.6 is 11.6 Å². The average Bonchev–Trinajstić information content (AvgIpc) is 3.14. The van der Waals surface area contributed by atoms with Gasteiger partial charge < -0.3 is 24.5 Å². The molecule has 0 saturated carbocycles. The van der Waals surface area contributed by atoms with Crippen LogP contribution in [-0.4, -0.2) is 36.3 Å². The number of fused-ring (bicyclic) bond motifs is 3. The van der Waals surface area contributed by atoms with Crippen molar-refractivity contribution >= 4 is 40.2 Å². The molecule has 1 aliphatic heterocycles. The van der Waals surface area contributed by atoms with Crippen LogP contribution < -0.4 is 14.8 Å². The van der Waals surface area contributed by atoms with Crippen molar-refractivity contribution in [1.29, 1.82) is 0 Å². The number of H-pyrrole nitrogens is 1. The van der Waals surface area contributed by atoms with Gasteiger partial charge in [-0.2, -0.15) is 0 Å². The zero-order valence-electron chi connectivity index (χ0n) is 15.6. The molecule has 0 spiro atoms. The molecule has 2 N–H and O–H groups in total. The van der Waals surface area contributed by atoms with Gasteiger partial charge in [0.05, 0.1) is 23.3 Å². The zero-order chi connectivity index (χ0) is 20.3. The molecule has 28 heavy (non-hydrogen) atoms. The van der Waals surface area contributed by atoms with Crippen molar-refractivity contribution in [3.8, 4) is 11.5 Å². The van der Waals surface area contributed by atoms with Gasteiger partial charge in [0.25, 0.3) is 0 Å². The van der Waals surface area contributed by atoms with Crippen LogP contribution in [0.15, 0.2) is 24.3 Å². The number of benzene rings is 2. The third-order valence-electron chi connectivity index (χ3n) is 3.87. The molecule has 4 rings (SSSR count). The Morgan fingerprint density at radius 2 is 2.00 bits per heavy atom. The van der Waals surface area contributed by atoms with Gasteiger partial charge in [-0.15, -0.1) is 0 Å². The van der Waals surface area contributed by atoms with Crippen molar-refractivity contribution in [3.63, 3.8) is 0 Å². The SMILES string of the molecule is CC.COC(=O)c1cc2[nH]c(Nc3c(F)cccc3Cl)nc2c2c1OCCO2. The number of nitrogens with zero attached hydrogens (tertiary/aromatic N) is 1. The minimum Gasteiger partial charge on any atom is -0.485 e. The van der Waals surface area contributed by atoms with Crippen LogP contribution in [0, 0.1) is 5.82 Å². The molecule has 1 aromatic heterocycles. The first-order chi connectivity index (χ1) is 13.6. The largest absolute Gasteiger partial charge is 0.485 e. The minimum atomic E-state index is -0.560. The molecule has 0 atom stereocenters. The van der Waals surface area contributed by atoms with Gasteiger partial charge in [-0.25, -0.2) is 14.2 Å². The minimum absolute atomic E-state index is 0.0902. The van der Waals surface area contributed by atoms with Crippen LogP contribution in [0.3, 0.4) is 0 Å². The number of hydrogen-bond donors (Lipinski definition) is 2. The average molecular weight is 408 g/mol. The van der Waals surface area contributed by atoms with Crippen LogP contribution in [0.5, 0.6) is 11.5 Å². The molecule has 0 radical (unpaired) electrons. The Hall–Kier alpha value is -3.00. The highest BCUT2D eigenvalue weighted by Gasteiger charge is 2.26. The summed E-state index contributed by atoms with van der Waals surface area (Å²) in [5.74, 6) is -0.231. The first kappa shape index (κ1) is 19.8. The molecule has 1 aliphatic rings. The molecule has 0 fully saturated rings. The van der Waals surface area contributed by atoms with Crippen LogP contribution in [0.1, 0.15) is 24.2 Å². The fraction of sp³-hybridized carbons (Fsp3) is 0.263. The van der Waals surface area contributed by atoms with E-state index in [0.717, 1.165) is 0 Å². The van der Waals surface area contributed by atoms with E-state index < -0.39 is 11.8 Å². The molecule has 0 saturated heterocycles. The number of para-hydroxylation sites is 1. The van der Waals surface area contributed by atoms with Gasteiger partial charge in [-0.3, -0.25) is 0 Å². The van der Waals surface area contributed by atoms with Crippen LogP contribution in [0.4, 0.5) is 16.0 Å². The molecule has 0 aliphatic carbocycles. The molecule has 0 unspecified atom stereocenters. The Labute approximate surface area is 165 Å². The maximum absolute atomic E-state index is 14.0. The zero-order valence-corrected chi connectivity index (χ0v) is 16.3. The number of rotatable bonds is 3. The Morgan fingerprint density at radius 1 is 1.29 bits per heavy atom. The Morgan fingerprint density at radius 3 is 2.68 bits per heavy atom. The van der Waals surface area contributed by atoms with Crippen molar-refractivity contribution in [3.05, 3.63) is 40.7 Å². The lowest BCUT2D eigenvalue weighted by Crippen LogP contribution is -2.18. The summed E-state index contributed by atoms with van der Waals surface area (Å²) in [6, 6.07) is 5.90. The van der Waals surface area contributed by atoms with Crippen molar-refractivity contribution in [2.75, 3.05) is 25.6 Å². The maximum Gasteiger partial charge on any atom is 0.341 e. The molecular weight excluding hydrogens is 389 g/mol. The molecule has 0 bridgehead atoms. The number of aromatic nitrogens is 2. The van der Waals surface area contributed by atoms with Gasteiger partial charge in [0, 0.05) is 0 Å². The number of nitrogens with one attached hydrogen (secondary N) is 2. The predicted molar refractivity (Wildman–Crippen MR) is 104 cm³/mol. The second kappa shape index (κ2) is 8.35. The van der Waals surface area contributed by atoms with Crippen molar-refractivity contribution in [2.24, 2.45) is 0 Å². The number of hydrogen-bond acceptors (Lipinski definition) is 6. The standard InChI is InChI=1S/C17H13ClFN3O4.C2H6/c1-24-16(23)8-7-11-13(15-14(8)25-5-6-26-15)22-17(20-11)21-12-9(18)3-2-4-10(12)19;1-2/h2-4,7H,5-6H2,1H3,(H2,20,21,22);1-2H3. The second-order valence-corrected chi connectivity index (χ2v) is 5.88. The number of aromatic amines is 1. The van der Waals surface area contributed by atoms with E-state index in [4.69, 9.17) is 25.8 Å². The molecule has 9 heteroatoms. The number of carbonyl (C=O) groups is 1. The Kier molecular flexibility index (Phi) is 5.89. The molecule has 3 aromatic rings. The highest BCUT2D eigenvalue weighted by Crippen LogP contribution is 2.41. The van der Waals surface area contributed by atoms with E-state index >= 15 is 0 Å². The second-order valence-electron chi connectivity index (χ2n) is 5.47. The molecule has 2 heterocycles. The van der Waals surface area contributed by atoms with Crippen molar-refractivity contribution < 1.29 is 23.4 Å². The topological polar surface area (TPSA) is 85.5 Å². The van der Waals surface area contributed by atoms with E-state index in [0.29, 0.717) is 30.0 Å². The first-order valence-corrected chi connectivity index (χ1v) is 9.08. The summed E-state index contributed by atoms with van der Waals surface area (Å²) in [5.41, 5.74) is 1.26. The van der Waals surface area contributed by atoms with Crippen LogP contribution in [0.2, 0.25) is 5.02 Å². The molecular formula is C19H19ClFN3O4. The van der Waals surface area contributed by atoms with Gasteiger partial charge in [0.15, 0.2) is 11.5 Å². The van der Waals surface area contributed by atoms with E-state index in [-0.39, 0.29) is 28.0 Å². The summed E-state index contributed by atoms with van der Waals surface area (Å²) in [5, 5.41) is 3.02. The number of halogens is 2. The van der Waals surface area contributed by atoms with Crippen LogP contribution in [-0.2, 0) is 4.74 Å². The van der Waals surface area contributed by atoms with Crippen LogP contribution in [0.25, 0.3) is 11.0 Å². The summed E-state index contributed by atoms with van der Waals surface area (Å²) < 4.78 is 30.0. The Balaban J connectivity index is 0.00000109. The fourth-order valence-electron chi connectivity index (χ4n) is 2.73.